The molecule has 0 aliphatic heterocycles. The molecule has 3 rings (SSSR count). The van der Waals surface area contributed by atoms with E-state index in [1.54, 1.807) is 11.0 Å². The number of nitrogens with zero attached hydrogens (tertiary/aromatic N) is 3. The number of hydrogen-bond acceptors (Lipinski definition) is 4. The van der Waals surface area contributed by atoms with Crippen molar-refractivity contribution in [2.75, 3.05) is 18.4 Å². The van der Waals surface area contributed by atoms with Gasteiger partial charge in [-0.3, -0.25) is 4.79 Å². The summed E-state index contributed by atoms with van der Waals surface area (Å²) in [5.41, 5.74) is 2.40. The summed E-state index contributed by atoms with van der Waals surface area (Å²) in [6, 6.07) is 21.5. The van der Waals surface area contributed by atoms with Gasteiger partial charge in [0.25, 0.3) is 5.91 Å². The number of aromatic nitrogens is 2. The molecule has 1 heterocycles. The van der Waals surface area contributed by atoms with Gasteiger partial charge in [0.05, 0.1) is 0 Å². The van der Waals surface area contributed by atoms with E-state index in [4.69, 9.17) is 0 Å². The fourth-order valence-corrected chi connectivity index (χ4v) is 2.91. The monoisotopic (exact) mass is 374 g/mol. The van der Waals surface area contributed by atoms with Crippen LogP contribution in [0.4, 0.5) is 5.82 Å². The van der Waals surface area contributed by atoms with Crippen LogP contribution in [0.1, 0.15) is 36.3 Å². The summed E-state index contributed by atoms with van der Waals surface area (Å²) in [5, 5.41) is 3.28. The maximum atomic E-state index is 13.2. The molecule has 1 aromatic heterocycles. The minimum atomic E-state index is -0.0921. The highest BCUT2D eigenvalue weighted by Gasteiger charge is 2.19. The summed E-state index contributed by atoms with van der Waals surface area (Å²) in [4.78, 5) is 24.2. The standard InChI is InChI=1S/C23H26N4O/c1-3-15-24-21-16-20(25-22(26-21)19-13-9-6-10-14-19)23(28)27(4-2)17-18-11-7-5-8-12-18/h5-14,16H,3-4,15,17H2,1-2H3,(H,24,25,26). The van der Waals surface area contributed by atoms with Crippen LogP contribution in [0.3, 0.4) is 0 Å². The van der Waals surface area contributed by atoms with Crippen molar-refractivity contribution in [1.29, 1.82) is 0 Å². The van der Waals surface area contributed by atoms with E-state index in [1.165, 1.54) is 0 Å². The van der Waals surface area contributed by atoms with Crippen molar-refractivity contribution in [3.63, 3.8) is 0 Å². The second-order valence-electron chi connectivity index (χ2n) is 6.56. The average molecular weight is 374 g/mol. The molecule has 0 aliphatic carbocycles. The maximum Gasteiger partial charge on any atom is 0.272 e. The number of benzene rings is 2. The molecular weight excluding hydrogens is 348 g/mol. The molecule has 0 radical (unpaired) electrons. The zero-order valence-corrected chi connectivity index (χ0v) is 16.4. The van der Waals surface area contributed by atoms with Gasteiger partial charge >= 0.3 is 0 Å². The lowest BCUT2D eigenvalue weighted by Gasteiger charge is -2.21. The van der Waals surface area contributed by atoms with Crippen LogP contribution in [0.2, 0.25) is 0 Å². The van der Waals surface area contributed by atoms with Crippen LogP contribution in [0.25, 0.3) is 11.4 Å². The fraction of sp³-hybridized carbons (Fsp3) is 0.261. The van der Waals surface area contributed by atoms with Crippen molar-refractivity contribution in [1.82, 2.24) is 14.9 Å². The number of rotatable bonds is 8. The Kier molecular flexibility index (Phi) is 6.73. The van der Waals surface area contributed by atoms with E-state index in [0.717, 1.165) is 24.1 Å². The molecule has 144 valence electrons. The molecule has 1 N–H and O–H groups in total. The summed E-state index contributed by atoms with van der Waals surface area (Å²) >= 11 is 0. The summed E-state index contributed by atoms with van der Waals surface area (Å²) in [6.07, 6.45) is 0.975. The normalized spacial score (nSPS) is 10.5. The van der Waals surface area contributed by atoms with Crippen molar-refractivity contribution in [2.24, 2.45) is 0 Å². The van der Waals surface area contributed by atoms with E-state index in [-0.39, 0.29) is 5.91 Å². The molecule has 5 nitrogen and oxygen atoms in total. The molecule has 0 fully saturated rings. The number of nitrogens with one attached hydrogen (secondary N) is 1. The zero-order valence-electron chi connectivity index (χ0n) is 16.4. The molecular formula is C23H26N4O. The zero-order chi connectivity index (χ0) is 19.8. The van der Waals surface area contributed by atoms with Crippen LogP contribution in [0.5, 0.6) is 0 Å². The first-order chi connectivity index (χ1) is 13.7. The number of carbonyl (C=O) groups excluding carboxylic acids is 1. The third-order valence-electron chi connectivity index (χ3n) is 4.42. The number of anilines is 1. The van der Waals surface area contributed by atoms with Gasteiger partial charge in [-0.15, -0.1) is 0 Å². The molecule has 2 aromatic carbocycles. The number of amides is 1. The lowest BCUT2D eigenvalue weighted by Crippen LogP contribution is -2.31. The predicted molar refractivity (Wildman–Crippen MR) is 113 cm³/mol. The first-order valence-corrected chi connectivity index (χ1v) is 9.72. The van der Waals surface area contributed by atoms with Gasteiger partial charge in [-0.2, -0.15) is 0 Å². The van der Waals surface area contributed by atoms with E-state index in [0.29, 0.717) is 30.4 Å². The van der Waals surface area contributed by atoms with Crippen molar-refractivity contribution < 1.29 is 4.79 Å². The number of hydrogen-bond donors (Lipinski definition) is 1. The second-order valence-corrected chi connectivity index (χ2v) is 6.56. The molecule has 0 aliphatic rings. The van der Waals surface area contributed by atoms with E-state index in [2.05, 4.69) is 22.2 Å². The smallest absolute Gasteiger partial charge is 0.272 e. The Bertz CT molecular complexity index is 897. The lowest BCUT2D eigenvalue weighted by atomic mass is 10.2. The van der Waals surface area contributed by atoms with Crippen LogP contribution < -0.4 is 5.32 Å². The fourth-order valence-electron chi connectivity index (χ4n) is 2.91. The molecule has 0 saturated heterocycles. The molecule has 0 bridgehead atoms. The Morgan fingerprint density at radius 1 is 0.964 bits per heavy atom. The third-order valence-corrected chi connectivity index (χ3v) is 4.42. The topological polar surface area (TPSA) is 58.1 Å². The molecule has 0 unspecified atom stereocenters. The van der Waals surface area contributed by atoms with Gasteiger partial charge in [0.15, 0.2) is 5.82 Å². The van der Waals surface area contributed by atoms with Crippen molar-refractivity contribution >= 4 is 11.7 Å². The first-order valence-electron chi connectivity index (χ1n) is 9.72. The largest absolute Gasteiger partial charge is 0.370 e. The van der Waals surface area contributed by atoms with E-state index in [1.807, 2.05) is 67.6 Å². The minimum absolute atomic E-state index is 0.0921. The maximum absolute atomic E-state index is 13.2. The highest BCUT2D eigenvalue weighted by molar-refractivity contribution is 5.93. The highest BCUT2D eigenvalue weighted by atomic mass is 16.2. The van der Waals surface area contributed by atoms with Crippen molar-refractivity contribution in [2.45, 2.75) is 26.8 Å². The number of carbonyl (C=O) groups is 1. The Balaban J connectivity index is 1.92. The van der Waals surface area contributed by atoms with Gasteiger partial charge < -0.3 is 10.2 Å². The van der Waals surface area contributed by atoms with Gasteiger partial charge in [0, 0.05) is 31.3 Å². The third kappa shape index (κ3) is 4.94. The lowest BCUT2D eigenvalue weighted by molar-refractivity contribution is 0.0746. The van der Waals surface area contributed by atoms with E-state index in [9.17, 15) is 4.79 Å². The predicted octanol–water partition coefficient (Wildman–Crippen LogP) is 4.63. The van der Waals surface area contributed by atoms with Crippen LogP contribution in [-0.2, 0) is 6.54 Å². The molecule has 0 atom stereocenters. The first kappa shape index (κ1) is 19.5. The summed E-state index contributed by atoms with van der Waals surface area (Å²) in [7, 11) is 0. The summed E-state index contributed by atoms with van der Waals surface area (Å²) in [5.74, 6) is 1.14. The van der Waals surface area contributed by atoms with Gasteiger partial charge in [-0.25, -0.2) is 9.97 Å². The van der Waals surface area contributed by atoms with Gasteiger partial charge in [0.1, 0.15) is 11.5 Å². The van der Waals surface area contributed by atoms with Gasteiger partial charge in [0.2, 0.25) is 0 Å². The Labute approximate surface area is 166 Å². The van der Waals surface area contributed by atoms with Gasteiger partial charge in [-0.05, 0) is 18.9 Å². The minimum Gasteiger partial charge on any atom is -0.370 e. The SMILES string of the molecule is CCCNc1cc(C(=O)N(CC)Cc2ccccc2)nc(-c2ccccc2)n1. The molecule has 5 heteroatoms. The molecule has 0 saturated carbocycles. The molecule has 1 amide bonds. The Hall–Kier alpha value is -3.21. The Morgan fingerprint density at radius 2 is 1.64 bits per heavy atom. The van der Waals surface area contributed by atoms with E-state index >= 15 is 0 Å². The van der Waals surface area contributed by atoms with Crippen molar-refractivity contribution in [3.8, 4) is 11.4 Å². The van der Waals surface area contributed by atoms with Crippen LogP contribution >= 0.6 is 0 Å². The summed E-state index contributed by atoms with van der Waals surface area (Å²) < 4.78 is 0. The molecule has 0 spiro atoms. The quantitative estimate of drug-likeness (QED) is 0.625. The highest BCUT2D eigenvalue weighted by Crippen LogP contribution is 2.19. The van der Waals surface area contributed by atoms with Crippen LogP contribution in [-0.4, -0.2) is 33.9 Å². The van der Waals surface area contributed by atoms with Gasteiger partial charge in [-0.1, -0.05) is 67.6 Å². The molecule has 3 aromatic rings. The van der Waals surface area contributed by atoms with Crippen molar-refractivity contribution in [3.05, 3.63) is 78.0 Å². The molecule has 28 heavy (non-hydrogen) atoms. The average Bonchev–Trinajstić information content (AvgIpc) is 2.76. The van der Waals surface area contributed by atoms with E-state index < -0.39 is 0 Å². The van der Waals surface area contributed by atoms with Crippen LogP contribution in [0.15, 0.2) is 66.7 Å². The summed E-state index contributed by atoms with van der Waals surface area (Å²) in [6.45, 7) is 6.03. The Morgan fingerprint density at radius 3 is 2.29 bits per heavy atom. The van der Waals surface area contributed by atoms with Crippen LogP contribution in [0, 0.1) is 0 Å². The second kappa shape index (κ2) is 9.65.